The molecular weight excluding hydrogens is 316 g/mol. The average molecular weight is 339 g/mol. The van der Waals surface area contributed by atoms with Gasteiger partial charge < -0.3 is 5.11 Å². The Labute approximate surface area is 147 Å². The number of hydrogen-bond donors (Lipinski definition) is 1. The summed E-state index contributed by atoms with van der Waals surface area (Å²) in [5.74, 6) is 1.11. The summed E-state index contributed by atoms with van der Waals surface area (Å²) >= 11 is 1.86. The second-order valence-electron chi connectivity index (χ2n) is 6.69. The van der Waals surface area contributed by atoms with E-state index in [9.17, 15) is 5.11 Å². The van der Waals surface area contributed by atoms with E-state index in [1.165, 1.54) is 22.0 Å². The lowest BCUT2D eigenvalue weighted by atomic mass is 10.0. The van der Waals surface area contributed by atoms with Gasteiger partial charge in [0.05, 0.1) is 6.54 Å². The van der Waals surface area contributed by atoms with Crippen LogP contribution in [0.3, 0.4) is 0 Å². The minimum absolute atomic E-state index is 0.573. The van der Waals surface area contributed by atoms with E-state index in [0.717, 1.165) is 24.3 Å². The fraction of sp³-hybridized carbons (Fsp3) is 0.350. The largest absolute Gasteiger partial charge is 0.346 e. The second-order valence-corrected chi connectivity index (χ2v) is 7.76. The molecule has 0 aromatic heterocycles. The van der Waals surface area contributed by atoms with Crippen molar-refractivity contribution >= 4 is 22.6 Å². The van der Waals surface area contributed by atoms with Gasteiger partial charge in [0.25, 0.3) is 5.72 Å². The number of nitrogens with zero attached hydrogens (tertiary/aromatic N) is 2. The van der Waals surface area contributed by atoms with Gasteiger partial charge in [-0.2, -0.15) is 0 Å². The van der Waals surface area contributed by atoms with Crippen molar-refractivity contribution in [3.8, 4) is 0 Å². The van der Waals surface area contributed by atoms with Gasteiger partial charge in [-0.1, -0.05) is 42.5 Å². The number of β-amino-alcohol motifs (C(OH)–C–C–N with tert-alkyl or cyclic N) is 1. The van der Waals surface area contributed by atoms with Crippen molar-refractivity contribution < 1.29 is 9.68 Å². The molecule has 0 aliphatic carbocycles. The molecule has 24 heavy (non-hydrogen) atoms. The number of aliphatic hydroxyl groups is 1. The first-order valence-corrected chi connectivity index (χ1v) is 9.48. The van der Waals surface area contributed by atoms with Gasteiger partial charge in [0.1, 0.15) is 5.69 Å². The standard InChI is InChI=1S/C20H23N2OS/c1-15-9-10-16(2)18(13-15)21-14-20(23,17-7-4-3-5-8-17)22-11-6-12-24-19(21)22/h3-5,7-10,13,23H,6,11-12,14H2,1-2H3/q+1. The Bertz CT molecular complexity index is 803. The summed E-state index contributed by atoms with van der Waals surface area (Å²) in [6.45, 7) is 5.74. The van der Waals surface area contributed by atoms with Gasteiger partial charge in [-0.3, -0.25) is 0 Å². The van der Waals surface area contributed by atoms with Crippen LogP contribution in [0.25, 0.3) is 0 Å². The molecule has 0 saturated carbocycles. The molecule has 2 aliphatic heterocycles. The normalized spacial score (nSPS) is 23.5. The molecule has 1 unspecified atom stereocenters. The highest BCUT2D eigenvalue weighted by molar-refractivity contribution is 8.13. The fourth-order valence-electron chi connectivity index (χ4n) is 3.65. The van der Waals surface area contributed by atoms with E-state index >= 15 is 0 Å². The second kappa shape index (κ2) is 5.94. The zero-order chi connectivity index (χ0) is 16.7. The number of hydrogen-bond acceptors (Lipinski definition) is 3. The highest BCUT2D eigenvalue weighted by atomic mass is 32.2. The molecule has 1 N–H and O–H groups in total. The van der Waals surface area contributed by atoms with Crippen molar-refractivity contribution in [2.45, 2.75) is 26.0 Å². The highest BCUT2D eigenvalue weighted by Crippen LogP contribution is 2.38. The molecule has 2 aromatic carbocycles. The van der Waals surface area contributed by atoms with Crippen molar-refractivity contribution in [3.63, 3.8) is 0 Å². The van der Waals surface area contributed by atoms with Crippen molar-refractivity contribution in [2.24, 2.45) is 0 Å². The Morgan fingerprint density at radius 3 is 2.71 bits per heavy atom. The zero-order valence-electron chi connectivity index (χ0n) is 14.2. The van der Waals surface area contributed by atoms with Crippen molar-refractivity contribution in [3.05, 3.63) is 65.2 Å². The van der Waals surface area contributed by atoms with Crippen LogP contribution in [0.4, 0.5) is 5.69 Å². The molecule has 0 spiro atoms. The lowest BCUT2D eigenvalue weighted by Crippen LogP contribution is -2.41. The first kappa shape index (κ1) is 15.7. The lowest BCUT2D eigenvalue weighted by Gasteiger charge is -2.24. The summed E-state index contributed by atoms with van der Waals surface area (Å²) in [6.07, 6.45) is 1.10. The third-order valence-corrected chi connectivity index (χ3v) is 6.13. The Morgan fingerprint density at radius 2 is 1.92 bits per heavy atom. The SMILES string of the molecule is Cc1ccc(C)c(N2CC(O)(c3ccccc3)[N+]3=C2SCCC3)c1. The lowest BCUT2D eigenvalue weighted by molar-refractivity contribution is -0.656. The van der Waals surface area contributed by atoms with E-state index in [1.807, 2.05) is 42.1 Å². The van der Waals surface area contributed by atoms with Crippen LogP contribution in [-0.4, -0.2) is 33.7 Å². The monoisotopic (exact) mass is 339 g/mol. The molecule has 2 aliphatic rings. The smallest absolute Gasteiger partial charge is 0.316 e. The van der Waals surface area contributed by atoms with Crippen LogP contribution in [0.2, 0.25) is 0 Å². The first-order chi connectivity index (χ1) is 11.6. The van der Waals surface area contributed by atoms with Crippen LogP contribution in [-0.2, 0) is 5.72 Å². The van der Waals surface area contributed by atoms with Gasteiger partial charge in [0, 0.05) is 11.3 Å². The third kappa shape index (κ3) is 2.45. The zero-order valence-corrected chi connectivity index (χ0v) is 15.0. The summed E-state index contributed by atoms with van der Waals surface area (Å²) in [5.41, 5.74) is 3.71. The van der Waals surface area contributed by atoms with Gasteiger partial charge in [-0.15, -0.1) is 0 Å². The Kier molecular flexibility index (Phi) is 3.89. The molecule has 0 amide bonds. The van der Waals surface area contributed by atoms with Crippen LogP contribution in [0, 0.1) is 13.8 Å². The third-order valence-electron chi connectivity index (χ3n) is 4.94. The van der Waals surface area contributed by atoms with Crippen LogP contribution in [0.1, 0.15) is 23.1 Å². The minimum Gasteiger partial charge on any atom is -0.346 e. The highest BCUT2D eigenvalue weighted by Gasteiger charge is 2.53. The van der Waals surface area contributed by atoms with E-state index < -0.39 is 5.72 Å². The topological polar surface area (TPSA) is 26.5 Å². The number of anilines is 1. The number of aryl methyl sites for hydroxylation is 2. The number of thioether (sulfide) groups is 1. The summed E-state index contributed by atoms with van der Waals surface area (Å²) < 4.78 is 2.19. The number of benzene rings is 2. The van der Waals surface area contributed by atoms with Crippen molar-refractivity contribution in [1.29, 1.82) is 0 Å². The van der Waals surface area contributed by atoms with Gasteiger partial charge >= 0.3 is 5.17 Å². The molecule has 2 aromatic rings. The molecule has 124 valence electrons. The van der Waals surface area contributed by atoms with E-state index in [2.05, 4.69) is 41.5 Å². The molecule has 4 heteroatoms. The molecule has 2 heterocycles. The molecule has 0 radical (unpaired) electrons. The number of amidine groups is 1. The first-order valence-electron chi connectivity index (χ1n) is 8.50. The average Bonchev–Trinajstić information content (AvgIpc) is 2.92. The van der Waals surface area contributed by atoms with Gasteiger partial charge in [-0.05, 0) is 49.2 Å². The summed E-state index contributed by atoms with van der Waals surface area (Å²) in [4.78, 5) is 2.30. The summed E-state index contributed by atoms with van der Waals surface area (Å²) in [6, 6.07) is 16.6. The van der Waals surface area contributed by atoms with E-state index in [0.29, 0.717) is 6.54 Å². The Hall–Kier alpha value is -1.78. The molecule has 0 bridgehead atoms. The van der Waals surface area contributed by atoms with Crippen LogP contribution in [0.15, 0.2) is 48.5 Å². The number of rotatable bonds is 2. The van der Waals surface area contributed by atoms with Crippen LogP contribution < -0.4 is 4.90 Å². The maximum absolute atomic E-state index is 11.6. The van der Waals surface area contributed by atoms with E-state index in [4.69, 9.17) is 0 Å². The molecule has 4 rings (SSSR count). The van der Waals surface area contributed by atoms with E-state index in [1.54, 1.807) is 0 Å². The van der Waals surface area contributed by atoms with Gasteiger partial charge in [-0.25, -0.2) is 9.48 Å². The molecule has 0 fully saturated rings. The Balaban J connectivity index is 1.84. The minimum atomic E-state index is -0.958. The van der Waals surface area contributed by atoms with Crippen LogP contribution >= 0.6 is 11.8 Å². The van der Waals surface area contributed by atoms with Crippen molar-refractivity contribution in [2.75, 3.05) is 23.7 Å². The molecule has 3 nitrogen and oxygen atoms in total. The molecular formula is C20H23N2OS+. The van der Waals surface area contributed by atoms with Gasteiger partial charge in [0.15, 0.2) is 6.54 Å². The fourth-order valence-corrected chi connectivity index (χ4v) is 4.82. The molecule has 1 atom stereocenters. The molecule has 0 saturated heterocycles. The predicted molar refractivity (Wildman–Crippen MR) is 101 cm³/mol. The quantitative estimate of drug-likeness (QED) is 0.849. The van der Waals surface area contributed by atoms with E-state index in [-0.39, 0.29) is 0 Å². The maximum atomic E-state index is 11.6. The Morgan fingerprint density at radius 1 is 1.12 bits per heavy atom. The summed E-state index contributed by atoms with van der Waals surface area (Å²) in [5, 5.41) is 12.8. The van der Waals surface area contributed by atoms with Crippen LogP contribution in [0.5, 0.6) is 0 Å². The van der Waals surface area contributed by atoms with Gasteiger partial charge in [0.2, 0.25) is 0 Å². The van der Waals surface area contributed by atoms with Crippen molar-refractivity contribution in [1.82, 2.24) is 0 Å². The maximum Gasteiger partial charge on any atom is 0.316 e. The predicted octanol–water partition coefficient (Wildman–Crippen LogP) is 3.47. The summed E-state index contributed by atoms with van der Waals surface area (Å²) in [7, 11) is 0.